The Morgan fingerprint density at radius 2 is 2.06 bits per heavy atom. The summed E-state index contributed by atoms with van der Waals surface area (Å²) < 4.78 is 11.2. The van der Waals surface area contributed by atoms with Crippen molar-refractivity contribution in [3.63, 3.8) is 0 Å². The first-order valence-corrected chi connectivity index (χ1v) is 7.05. The Morgan fingerprint density at radius 3 is 2.71 bits per heavy atom. The largest absolute Gasteiger partial charge is 0.378 e. The van der Waals surface area contributed by atoms with Gasteiger partial charge in [-0.15, -0.1) is 0 Å². The van der Waals surface area contributed by atoms with Crippen molar-refractivity contribution < 1.29 is 9.47 Å². The number of ether oxygens (including phenoxy) is 2. The first kappa shape index (κ1) is 13.1. The van der Waals surface area contributed by atoms with E-state index >= 15 is 0 Å². The molecule has 3 unspecified atom stereocenters. The Hall–Kier alpha value is -0.380. The molecule has 3 heteroatoms. The molecule has 1 saturated carbocycles. The lowest BCUT2D eigenvalue weighted by Gasteiger charge is -2.40. The quantitative estimate of drug-likeness (QED) is 0.593. The van der Waals surface area contributed by atoms with Gasteiger partial charge in [-0.2, -0.15) is 0 Å². The first-order chi connectivity index (χ1) is 8.31. The number of aryl methyl sites for hydroxylation is 1. The Labute approximate surface area is 111 Å². The molecule has 1 aromatic rings. The summed E-state index contributed by atoms with van der Waals surface area (Å²) in [6.45, 7) is 0.819. The zero-order chi connectivity index (χ0) is 12.1. The highest BCUT2D eigenvalue weighted by atomic mass is 79.9. The van der Waals surface area contributed by atoms with Crippen molar-refractivity contribution in [1.82, 2.24) is 0 Å². The minimum absolute atomic E-state index is 0.228. The van der Waals surface area contributed by atoms with E-state index in [9.17, 15) is 0 Å². The molecule has 1 aliphatic carbocycles. The molecule has 0 amide bonds. The zero-order valence-electron chi connectivity index (χ0n) is 10.1. The Morgan fingerprint density at radius 1 is 1.29 bits per heavy atom. The predicted molar refractivity (Wildman–Crippen MR) is 72.6 cm³/mol. The second kappa shape index (κ2) is 6.53. The molecule has 1 aromatic carbocycles. The third-order valence-corrected chi connectivity index (χ3v) is 4.13. The van der Waals surface area contributed by atoms with Crippen LogP contribution in [0.25, 0.3) is 0 Å². The second-order valence-electron chi connectivity index (χ2n) is 4.45. The first-order valence-electron chi connectivity index (χ1n) is 6.13. The lowest BCUT2D eigenvalue weighted by atomic mass is 9.91. The summed E-state index contributed by atoms with van der Waals surface area (Å²) in [6.07, 6.45) is 3.73. The van der Waals surface area contributed by atoms with E-state index in [-0.39, 0.29) is 12.2 Å². The van der Waals surface area contributed by atoms with Crippen LogP contribution < -0.4 is 0 Å². The molecule has 0 saturated heterocycles. The Kier molecular flexibility index (Phi) is 5.01. The van der Waals surface area contributed by atoms with Crippen LogP contribution in [0.3, 0.4) is 0 Å². The summed E-state index contributed by atoms with van der Waals surface area (Å²) in [5.41, 5.74) is 1.38. The van der Waals surface area contributed by atoms with Gasteiger partial charge in [-0.25, -0.2) is 0 Å². The molecule has 17 heavy (non-hydrogen) atoms. The molecule has 0 heterocycles. The Bertz CT molecular complexity index is 328. The van der Waals surface area contributed by atoms with Gasteiger partial charge in [0.2, 0.25) is 0 Å². The van der Waals surface area contributed by atoms with Crippen LogP contribution in [-0.2, 0) is 15.9 Å². The van der Waals surface area contributed by atoms with Crippen molar-refractivity contribution in [2.45, 2.75) is 36.3 Å². The average Bonchev–Trinajstić information content (AvgIpc) is 2.34. The van der Waals surface area contributed by atoms with Crippen LogP contribution in [0.4, 0.5) is 0 Å². The monoisotopic (exact) mass is 298 g/mol. The van der Waals surface area contributed by atoms with Gasteiger partial charge >= 0.3 is 0 Å². The van der Waals surface area contributed by atoms with Gasteiger partial charge in [0.25, 0.3) is 0 Å². The number of hydrogen-bond acceptors (Lipinski definition) is 2. The molecule has 94 valence electrons. The van der Waals surface area contributed by atoms with Crippen LogP contribution in [0.5, 0.6) is 0 Å². The van der Waals surface area contributed by atoms with Crippen molar-refractivity contribution in [1.29, 1.82) is 0 Å². The molecule has 0 spiro atoms. The van der Waals surface area contributed by atoms with Gasteiger partial charge in [-0.3, -0.25) is 0 Å². The number of hydrogen-bond donors (Lipinski definition) is 0. The summed E-state index contributed by atoms with van der Waals surface area (Å²) >= 11 is 3.57. The highest BCUT2D eigenvalue weighted by Gasteiger charge is 2.40. The minimum atomic E-state index is 0.228. The fourth-order valence-corrected chi connectivity index (χ4v) is 3.07. The van der Waals surface area contributed by atoms with Crippen LogP contribution in [0.1, 0.15) is 18.4 Å². The van der Waals surface area contributed by atoms with Gasteiger partial charge in [0, 0.05) is 18.5 Å². The topological polar surface area (TPSA) is 18.5 Å². The SMILES string of the molecule is COC1C(Br)CC1OCCCc1ccccc1. The highest BCUT2D eigenvalue weighted by molar-refractivity contribution is 9.09. The third-order valence-electron chi connectivity index (χ3n) is 3.24. The van der Waals surface area contributed by atoms with E-state index in [1.54, 1.807) is 7.11 Å². The van der Waals surface area contributed by atoms with Crippen molar-refractivity contribution in [3.05, 3.63) is 35.9 Å². The molecular formula is C14H19BrO2. The molecule has 0 aromatic heterocycles. The van der Waals surface area contributed by atoms with Crippen molar-refractivity contribution >= 4 is 15.9 Å². The maximum absolute atomic E-state index is 5.82. The number of halogens is 1. The summed E-state index contributed by atoms with van der Waals surface area (Å²) in [7, 11) is 1.75. The summed E-state index contributed by atoms with van der Waals surface area (Å²) in [5.74, 6) is 0. The van der Waals surface area contributed by atoms with Gasteiger partial charge in [-0.1, -0.05) is 46.3 Å². The van der Waals surface area contributed by atoms with Crippen LogP contribution >= 0.6 is 15.9 Å². The van der Waals surface area contributed by atoms with Gasteiger partial charge in [-0.05, 0) is 24.8 Å². The van der Waals surface area contributed by atoms with E-state index in [0.717, 1.165) is 25.9 Å². The summed E-state index contributed by atoms with van der Waals surface area (Å²) in [4.78, 5) is 0.464. The second-order valence-corrected chi connectivity index (χ2v) is 5.63. The standard InChI is InChI=1S/C14H19BrO2/c1-16-14-12(15)10-13(14)17-9-5-8-11-6-3-2-4-7-11/h2-4,6-7,12-14H,5,8-10H2,1H3. The van der Waals surface area contributed by atoms with E-state index in [4.69, 9.17) is 9.47 Å². The highest BCUT2D eigenvalue weighted by Crippen LogP contribution is 2.32. The van der Waals surface area contributed by atoms with E-state index in [2.05, 4.69) is 40.2 Å². The fraction of sp³-hybridized carbons (Fsp3) is 0.571. The van der Waals surface area contributed by atoms with Crippen molar-refractivity contribution in [2.75, 3.05) is 13.7 Å². The molecule has 1 aliphatic rings. The third kappa shape index (κ3) is 3.54. The molecule has 0 bridgehead atoms. The average molecular weight is 299 g/mol. The molecule has 0 aliphatic heterocycles. The lowest BCUT2D eigenvalue weighted by Crippen LogP contribution is -2.50. The molecule has 2 rings (SSSR count). The van der Waals surface area contributed by atoms with Crippen LogP contribution in [0.2, 0.25) is 0 Å². The Balaban J connectivity index is 1.61. The van der Waals surface area contributed by atoms with Crippen LogP contribution in [-0.4, -0.2) is 30.8 Å². The molecule has 0 radical (unpaired) electrons. The molecule has 2 nitrogen and oxygen atoms in total. The molecular weight excluding hydrogens is 280 g/mol. The van der Waals surface area contributed by atoms with Crippen LogP contribution in [0.15, 0.2) is 30.3 Å². The van der Waals surface area contributed by atoms with Crippen LogP contribution in [0, 0.1) is 0 Å². The fourth-order valence-electron chi connectivity index (χ4n) is 2.15. The molecule has 3 atom stereocenters. The number of methoxy groups -OCH3 is 1. The molecule has 1 fully saturated rings. The lowest BCUT2D eigenvalue weighted by molar-refractivity contribution is -0.107. The minimum Gasteiger partial charge on any atom is -0.378 e. The van der Waals surface area contributed by atoms with E-state index < -0.39 is 0 Å². The zero-order valence-corrected chi connectivity index (χ0v) is 11.7. The van der Waals surface area contributed by atoms with E-state index in [1.807, 2.05) is 6.07 Å². The molecule has 0 N–H and O–H groups in total. The normalized spacial score (nSPS) is 27.8. The number of rotatable bonds is 6. The smallest absolute Gasteiger partial charge is 0.0958 e. The van der Waals surface area contributed by atoms with Crippen molar-refractivity contribution in [3.8, 4) is 0 Å². The summed E-state index contributed by atoms with van der Waals surface area (Å²) in [5, 5.41) is 0. The van der Waals surface area contributed by atoms with Gasteiger partial charge < -0.3 is 9.47 Å². The maximum atomic E-state index is 5.82. The van der Waals surface area contributed by atoms with E-state index in [1.165, 1.54) is 5.56 Å². The van der Waals surface area contributed by atoms with Crippen molar-refractivity contribution in [2.24, 2.45) is 0 Å². The number of alkyl halides is 1. The van der Waals surface area contributed by atoms with Gasteiger partial charge in [0.15, 0.2) is 0 Å². The van der Waals surface area contributed by atoms with E-state index in [0.29, 0.717) is 4.83 Å². The van der Waals surface area contributed by atoms with Gasteiger partial charge in [0.05, 0.1) is 12.2 Å². The maximum Gasteiger partial charge on any atom is 0.0958 e. The predicted octanol–water partition coefficient (Wildman–Crippen LogP) is 3.19. The number of benzene rings is 1. The summed E-state index contributed by atoms with van der Waals surface area (Å²) in [6, 6.07) is 10.5. The van der Waals surface area contributed by atoms with Gasteiger partial charge in [0.1, 0.15) is 0 Å².